The minimum Gasteiger partial charge on any atom is -0.490 e. The maximum atomic E-state index is 9.98. The molecule has 0 saturated heterocycles. The molecule has 0 fully saturated rings. The molecule has 0 aliphatic carbocycles. The minimum absolute atomic E-state index is 0.192. The lowest BCUT2D eigenvalue weighted by Crippen LogP contribution is -2.42. The monoisotopic (exact) mass is 277 g/mol. The Morgan fingerprint density at radius 2 is 2.06 bits per heavy atom. The molecule has 0 aliphatic heterocycles. The highest BCUT2D eigenvalue weighted by atomic mass is 35.5. The van der Waals surface area contributed by atoms with Crippen molar-refractivity contribution in [2.24, 2.45) is 0 Å². The van der Waals surface area contributed by atoms with Crippen molar-refractivity contribution in [2.75, 3.05) is 19.7 Å². The van der Waals surface area contributed by atoms with Gasteiger partial charge in [0.2, 0.25) is 0 Å². The Kier molecular flexibility index (Phi) is 5.53. The van der Waals surface area contributed by atoms with Gasteiger partial charge in [0.05, 0.1) is 10.0 Å². The molecule has 2 N–H and O–H groups in total. The molecule has 0 aliphatic rings. The van der Waals surface area contributed by atoms with Crippen LogP contribution in [0.15, 0.2) is 18.2 Å². The molecule has 0 aromatic heterocycles. The lowest BCUT2D eigenvalue weighted by atomic mass is 10.1. The summed E-state index contributed by atoms with van der Waals surface area (Å²) in [4.78, 5) is 0. The molecular formula is C12H17Cl2NO2. The van der Waals surface area contributed by atoms with Gasteiger partial charge in [-0.1, -0.05) is 30.1 Å². The van der Waals surface area contributed by atoms with Crippen LogP contribution >= 0.6 is 23.2 Å². The Morgan fingerprint density at radius 1 is 1.35 bits per heavy atom. The van der Waals surface area contributed by atoms with Crippen LogP contribution in [-0.4, -0.2) is 30.4 Å². The van der Waals surface area contributed by atoms with E-state index in [4.69, 9.17) is 27.9 Å². The summed E-state index contributed by atoms with van der Waals surface area (Å²) < 4.78 is 5.47. The van der Waals surface area contributed by atoms with Crippen LogP contribution in [0.5, 0.6) is 5.75 Å². The first kappa shape index (κ1) is 14.6. The average Bonchev–Trinajstić information content (AvgIpc) is 2.28. The Hall–Kier alpha value is -0.480. The van der Waals surface area contributed by atoms with Gasteiger partial charge in [-0.15, -0.1) is 0 Å². The predicted octanol–water partition coefficient (Wildman–Crippen LogP) is 2.73. The largest absolute Gasteiger partial charge is 0.490 e. The van der Waals surface area contributed by atoms with E-state index in [-0.39, 0.29) is 6.61 Å². The summed E-state index contributed by atoms with van der Waals surface area (Å²) in [5.41, 5.74) is -0.915. The second kappa shape index (κ2) is 6.45. The first-order valence-electron chi connectivity index (χ1n) is 5.45. The zero-order valence-corrected chi connectivity index (χ0v) is 11.5. The van der Waals surface area contributed by atoms with Crippen molar-refractivity contribution in [3.63, 3.8) is 0 Å². The molecule has 17 heavy (non-hydrogen) atoms. The molecule has 0 heterocycles. The third-order valence-corrected chi connectivity index (χ3v) is 2.94. The number of aliphatic hydroxyl groups is 1. The number of benzene rings is 1. The average molecular weight is 278 g/mol. The van der Waals surface area contributed by atoms with Crippen molar-refractivity contribution in [3.8, 4) is 5.75 Å². The second-order valence-corrected chi connectivity index (χ2v) is 4.96. The second-order valence-electron chi connectivity index (χ2n) is 4.14. The van der Waals surface area contributed by atoms with E-state index in [9.17, 15) is 5.11 Å². The van der Waals surface area contributed by atoms with Gasteiger partial charge in [-0.05, 0) is 25.6 Å². The Bertz CT molecular complexity index is 370. The maximum Gasteiger partial charge on any atom is 0.121 e. The molecule has 1 aromatic rings. The van der Waals surface area contributed by atoms with Crippen molar-refractivity contribution in [1.82, 2.24) is 5.32 Å². The lowest BCUT2D eigenvalue weighted by molar-refractivity contribution is 0.0127. The molecule has 1 atom stereocenters. The van der Waals surface area contributed by atoms with E-state index in [1.807, 2.05) is 6.92 Å². The van der Waals surface area contributed by atoms with Gasteiger partial charge in [-0.2, -0.15) is 0 Å². The minimum atomic E-state index is -0.915. The van der Waals surface area contributed by atoms with Gasteiger partial charge in [0.25, 0.3) is 0 Å². The highest BCUT2D eigenvalue weighted by Crippen LogP contribution is 2.26. The summed E-state index contributed by atoms with van der Waals surface area (Å²) in [6.07, 6.45) is 0. The summed E-state index contributed by atoms with van der Waals surface area (Å²) in [7, 11) is 0. The first-order chi connectivity index (χ1) is 7.94. The number of likely N-dealkylation sites (N-methyl/N-ethyl adjacent to an activating group) is 1. The van der Waals surface area contributed by atoms with Crippen LogP contribution in [0.2, 0.25) is 10.0 Å². The van der Waals surface area contributed by atoms with E-state index in [1.165, 1.54) is 0 Å². The summed E-state index contributed by atoms with van der Waals surface area (Å²) in [5.74, 6) is 0.594. The Morgan fingerprint density at radius 3 is 2.65 bits per heavy atom. The topological polar surface area (TPSA) is 41.5 Å². The first-order valence-corrected chi connectivity index (χ1v) is 6.21. The Labute approximate surface area is 112 Å². The van der Waals surface area contributed by atoms with Crippen LogP contribution in [0.4, 0.5) is 0 Å². The third kappa shape index (κ3) is 5.13. The SMILES string of the molecule is CCNCC(C)(O)COc1ccc(Cl)c(Cl)c1. The van der Waals surface area contributed by atoms with E-state index in [2.05, 4.69) is 5.32 Å². The number of hydrogen-bond acceptors (Lipinski definition) is 3. The standard InChI is InChI=1S/C12H17Cl2NO2/c1-3-15-7-12(2,16)8-17-9-4-5-10(13)11(14)6-9/h4-6,15-16H,3,7-8H2,1-2H3. The molecule has 0 bridgehead atoms. The van der Waals surface area contributed by atoms with Gasteiger partial charge < -0.3 is 15.2 Å². The van der Waals surface area contributed by atoms with Gasteiger partial charge in [0, 0.05) is 12.6 Å². The number of rotatable bonds is 6. The smallest absolute Gasteiger partial charge is 0.121 e. The van der Waals surface area contributed by atoms with E-state index in [0.717, 1.165) is 6.54 Å². The number of nitrogens with one attached hydrogen (secondary N) is 1. The van der Waals surface area contributed by atoms with Crippen LogP contribution in [0, 0.1) is 0 Å². The highest BCUT2D eigenvalue weighted by molar-refractivity contribution is 6.42. The molecule has 1 unspecified atom stereocenters. The molecule has 0 radical (unpaired) electrons. The third-order valence-electron chi connectivity index (χ3n) is 2.20. The van der Waals surface area contributed by atoms with E-state index >= 15 is 0 Å². The fourth-order valence-corrected chi connectivity index (χ4v) is 1.54. The maximum absolute atomic E-state index is 9.98. The molecule has 96 valence electrons. The van der Waals surface area contributed by atoms with Crippen LogP contribution in [0.1, 0.15) is 13.8 Å². The van der Waals surface area contributed by atoms with Crippen molar-refractivity contribution in [1.29, 1.82) is 0 Å². The van der Waals surface area contributed by atoms with Gasteiger partial charge in [-0.25, -0.2) is 0 Å². The number of ether oxygens (including phenoxy) is 1. The highest BCUT2D eigenvalue weighted by Gasteiger charge is 2.20. The molecule has 3 nitrogen and oxygen atoms in total. The zero-order valence-electron chi connectivity index (χ0n) is 9.96. The van der Waals surface area contributed by atoms with Crippen LogP contribution in [0.25, 0.3) is 0 Å². The summed E-state index contributed by atoms with van der Waals surface area (Å²) in [5, 5.41) is 14.0. The molecule has 0 spiro atoms. The van der Waals surface area contributed by atoms with Crippen molar-refractivity contribution >= 4 is 23.2 Å². The predicted molar refractivity (Wildman–Crippen MR) is 71.1 cm³/mol. The molecular weight excluding hydrogens is 261 g/mol. The van der Waals surface area contributed by atoms with E-state index in [1.54, 1.807) is 25.1 Å². The van der Waals surface area contributed by atoms with Gasteiger partial charge >= 0.3 is 0 Å². The fourth-order valence-electron chi connectivity index (χ4n) is 1.25. The Balaban J connectivity index is 2.51. The van der Waals surface area contributed by atoms with Gasteiger partial charge in [0.1, 0.15) is 18.0 Å². The van der Waals surface area contributed by atoms with Crippen molar-refractivity contribution < 1.29 is 9.84 Å². The zero-order chi connectivity index (χ0) is 12.9. The molecule has 0 amide bonds. The summed E-state index contributed by atoms with van der Waals surface area (Å²) >= 11 is 11.7. The molecule has 1 aromatic carbocycles. The van der Waals surface area contributed by atoms with E-state index in [0.29, 0.717) is 22.3 Å². The normalized spacial score (nSPS) is 14.4. The fraction of sp³-hybridized carbons (Fsp3) is 0.500. The molecule has 0 saturated carbocycles. The summed E-state index contributed by atoms with van der Waals surface area (Å²) in [6, 6.07) is 5.02. The van der Waals surface area contributed by atoms with Crippen LogP contribution < -0.4 is 10.1 Å². The van der Waals surface area contributed by atoms with E-state index < -0.39 is 5.60 Å². The van der Waals surface area contributed by atoms with Gasteiger partial charge in [0.15, 0.2) is 0 Å². The van der Waals surface area contributed by atoms with Crippen molar-refractivity contribution in [2.45, 2.75) is 19.4 Å². The lowest BCUT2D eigenvalue weighted by Gasteiger charge is -2.23. The molecule has 5 heteroatoms. The quantitative estimate of drug-likeness (QED) is 0.840. The van der Waals surface area contributed by atoms with Crippen molar-refractivity contribution in [3.05, 3.63) is 28.2 Å². The molecule has 1 rings (SSSR count). The number of hydrogen-bond donors (Lipinski definition) is 2. The summed E-state index contributed by atoms with van der Waals surface area (Å²) in [6.45, 7) is 5.18. The van der Waals surface area contributed by atoms with Gasteiger partial charge in [-0.3, -0.25) is 0 Å². The van der Waals surface area contributed by atoms with Crippen LogP contribution in [-0.2, 0) is 0 Å². The number of halogens is 2. The van der Waals surface area contributed by atoms with Crippen LogP contribution in [0.3, 0.4) is 0 Å².